The van der Waals surface area contributed by atoms with Crippen molar-refractivity contribution in [3.63, 3.8) is 0 Å². The predicted molar refractivity (Wildman–Crippen MR) is 103 cm³/mol. The van der Waals surface area contributed by atoms with Gasteiger partial charge in [0.15, 0.2) is 5.76 Å². The van der Waals surface area contributed by atoms with Crippen LogP contribution in [0.2, 0.25) is 0 Å². The van der Waals surface area contributed by atoms with Crippen LogP contribution in [0.5, 0.6) is 5.75 Å². The summed E-state index contributed by atoms with van der Waals surface area (Å²) in [5.74, 6) is 1.40. The van der Waals surface area contributed by atoms with E-state index in [1.54, 1.807) is 12.1 Å². The van der Waals surface area contributed by atoms with E-state index in [0.29, 0.717) is 12.3 Å². The molecule has 0 saturated carbocycles. The topological polar surface area (TPSA) is 69.3 Å². The number of nitrogens with one attached hydrogen (secondary N) is 1. The van der Waals surface area contributed by atoms with Crippen LogP contribution in [0.15, 0.2) is 40.8 Å². The number of ether oxygens (including phenoxy) is 1. The minimum Gasteiger partial charge on any atom is -0.486 e. The number of carbonyl (C=O) groups excluding carboxylic acids is 1. The van der Waals surface area contributed by atoms with E-state index in [2.05, 4.69) is 17.3 Å². The molecule has 6 heteroatoms. The molecule has 142 valence electrons. The average molecular weight is 367 g/mol. The van der Waals surface area contributed by atoms with Crippen LogP contribution in [0.3, 0.4) is 0 Å². The van der Waals surface area contributed by atoms with Crippen molar-refractivity contribution in [2.45, 2.75) is 40.3 Å². The molecule has 27 heavy (non-hydrogen) atoms. The highest BCUT2D eigenvalue weighted by molar-refractivity contribution is 5.91. The lowest BCUT2D eigenvalue weighted by Crippen LogP contribution is -2.23. The average Bonchev–Trinajstić information content (AvgIpc) is 3.24. The van der Waals surface area contributed by atoms with E-state index in [9.17, 15) is 4.79 Å². The molecule has 0 bridgehead atoms. The summed E-state index contributed by atoms with van der Waals surface area (Å²) in [5, 5.41) is 7.24. The van der Waals surface area contributed by atoms with E-state index in [1.165, 1.54) is 5.56 Å². The quantitative estimate of drug-likeness (QED) is 0.691. The molecule has 6 nitrogen and oxygen atoms in total. The number of benzene rings is 1. The highest BCUT2D eigenvalue weighted by Gasteiger charge is 2.14. The molecule has 0 unspecified atom stereocenters. The molecule has 0 aliphatic carbocycles. The number of hydrogen-bond donors (Lipinski definition) is 1. The van der Waals surface area contributed by atoms with Gasteiger partial charge in [0.25, 0.3) is 5.91 Å². The van der Waals surface area contributed by atoms with Crippen LogP contribution < -0.4 is 10.1 Å². The predicted octanol–water partition coefficient (Wildman–Crippen LogP) is 3.70. The highest BCUT2D eigenvalue weighted by Crippen LogP contribution is 2.16. The van der Waals surface area contributed by atoms with Crippen LogP contribution in [0.1, 0.15) is 45.8 Å². The zero-order chi connectivity index (χ0) is 19.4. The van der Waals surface area contributed by atoms with E-state index >= 15 is 0 Å². The first-order chi connectivity index (χ1) is 13.0. The first kappa shape index (κ1) is 18.8. The zero-order valence-corrected chi connectivity index (χ0v) is 16.2. The number of carbonyl (C=O) groups is 1. The Morgan fingerprint density at radius 3 is 2.56 bits per heavy atom. The fraction of sp³-hybridized carbons (Fsp3) is 0.333. The number of hydrogen-bond acceptors (Lipinski definition) is 4. The SMILES string of the molecule is CCc1ccc(OCc2ccc(C(=O)NCc3c(C)nn(C)c3C)o2)cc1. The van der Waals surface area contributed by atoms with Crippen molar-refractivity contribution in [3.05, 3.63) is 70.4 Å². The van der Waals surface area contributed by atoms with Gasteiger partial charge in [0.1, 0.15) is 18.1 Å². The molecule has 0 radical (unpaired) electrons. The van der Waals surface area contributed by atoms with E-state index in [0.717, 1.165) is 29.1 Å². The second kappa shape index (κ2) is 8.12. The fourth-order valence-corrected chi connectivity index (χ4v) is 2.88. The van der Waals surface area contributed by atoms with E-state index in [1.807, 2.05) is 49.8 Å². The lowest BCUT2D eigenvalue weighted by Gasteiger charge is -2.05. The molecule has 0 spiro atoms. The second-order valence-electron chi connectivity index (χ2n) is 6.51. The Bertz CT molecular complexity index is 923. The molecule has 1 N–H and O–H groups in total. The summed E-state index contributed by atoms with van der Waals surface area (Å²) in [5.41, 5.74) is 4.24. The molecule has 0 aliphatic heterocycles. The van der Waals surface area contributed by atoms with Crippen LogP contribution in [0, 0.1) is 13.8 Å². The molecule has 3 aromatic rings. The van der Waals surface area contributed by atoms with Gasteiger partial charge in [-0.05, 0) is 50.1 Å². The van der Waals surface area contributed by atoms with Crippen molar-refractivity contribution in [1.29, 1.82) is 0 Å². The summed E-state index contributed by atoms with van der Waals surface area (Å²) in [6, 6.07) is 11.4. The molecule has 2 aromatic heterocycles. The molecule has 0 fully saturated rings. The van der Waals surface area contributed by atoms with Crippen molar-refractivity contribution < 1.29 is 13.9 Å². The molecule has 3 rings (SSSR count). The number of nitrogens with zero attached hydrogens (tertiary/aromatic N) is 2. The van der Waals surface area contributed by atoms with E-state index < -0.39 is 0 Å². The van der Waals surface area contributed by atoms with Crippen LogP contribution >= 0.6 is 0 Å². The minimum absolute atomic E-state index is 0.254. The van der Waals surface area contributed by atoms with Crippen LogP contribution in [-0.4, -0.2) is 15.7 Å². The van der Waals surface area contributed by atoms with E-state index in [-0.39, 0.29) is 18.3 Å². The number of amides is 1. The van der Waals surface area contributed by atoms with Crippen molar-refractivity contribution in [3.8, 4) is 5.75 Å². The summed E-state index contributed by atoms with van der Waals surface area (Å²) in [7, 11) is 1.89. The summed E-state index contributed by atoms with van der Waals surface area (Å²) in [4.78, 5) is 12.3. The maximum Gasteiger partial charge on any atom is 0.287 e. The molecule has 1 aromatic carbocycles. The second-order valence-corrected chi connectivity index (χ2v) is 6.51. The van der Waals surface area contributed by atoms with E-state index in [4.69, 9.17) is 9.15 Å². The lowest BCUT2D eigenvalue weighted by atomic mass is 10.2. The number of aryl methyl sites for hydroxylation is 3. The van der Waals surface area contributed by atoms with Crippen LogP contribution in [0.4, 0.5) is 0 Å². The van der Waals surface area contributed by atoms with Gasteiger partial charge in [0, 0.05) is 24.8 Å². The fourth-order valence-electron chi connectivity index (χ4n) is 2.88. The summed E-state index contributed by atoms with van der Waals surface area (Å²) in [6.07, 6.45) is 0.995. The third-order valence-corrected chi connectivity index (χ3v) is 4.68. The van der Waals surface area contributed by atoms with Gasteiger partial charge in [-0.15, -0.1) is 0 Å². The molecule has 0 atom stereocenters. The number of aromatic nitrogens is 2. The molecule has 0 aliphatic rings. The van der Waals surface area contributed by atoms with Gasteiger partial charge in [-0.1, -0.05) is 19.1 Å². The maximum atomic E-state index is 12.3. The molecular formula is C21H25N3O3. The Balaban J connectivity index is 1.55. The van der Waals surface area contributed by atoms with Crippen molar-refractivity contribution in [2.75, 3.05) is 0 Å². The smallest absolute Gasteiger partial charge is 0.287 e. The molecule has 1 amide bonds. The minimum atomic E-state index is -0.254. The molecule has 2 heterocycles. The van der Waals surface area contributed by atoms with Crippen molar-refractivity contribution >= 4 is 5.91 Å². The number of furan rings is 1. The summed E-state index contributed by atoms with van der Waals surface area (Å²) >= 11 is 0. The van der Waals surface area contributed by atoms with Gasteiger partial charge in [-0.2, -0.15) is 5.10 Å². The monoisotopic (exact) mass is 367 g/mol. The Hall–Kier alpha value is -3.02. The zero-order valence-electron chi connectivity index (χ0n) is 16.2. The Labute approximate surface area is 159 Å². The van der Waals surface area contributed by atoms with Gasteiger partial charge in [-0.25, -0.2) is 0 Å². The Kier molecular flexibility index (Phi) is 5.64. The third kappa shape index (κ3) is 4.39. The van der Waals surface area contributed by atoms with Gasteiger partial charge < -0.3 is 14.5 Å². The highest BCUT2D eigenvalue weighted by atomic mass is 16.5. The summed E-state index contributed by atoms with van der Waals surface area (Å²) in [6.45, 7) is 6.73. The van der Waals surface area contributed by atoms with Gasteiger partial charge in [-0.3, -0.25) is 9.48 Å². The van der Waals surface area contributed by atoms with Gasteiger partial charge in [0.2, 0.25) is 0 Å². The standard InChI is InChI=1S/C21H25N3O3/c1-5-16-6-8-17(9-7-16)26-13-18-10-11-20(27-18)21(25)22-12-19-14(2)23-24(4)15(19)3/h6-11H,5,12-13H2,1-4H3,(H,22,25). The summed E-state index contributed by atoms with van der Waals surface area (Å²) < 4.78 is 13.1. The Morgan fingerprint density at radius 1 is 1.19 bits per heavy atom. The molecule has 0 saturated heterocycles. The number of rotatable bonds is 7. The van der Waals surface area contributed by atoms with Crippen molar-refractivity contribution in [2.24, 2.45) is 7.05 Å². The normalized spacial score (nSPS) is 10.8. The maximum absolute atomic E-state index is 12.3. The molecular weight excluding hydrogens is 342 g/mol. The first-order valence-electron chi connectivity index (χ1n) is 9.05. The van der Waals surface area contributed by atoms with Crippen molar-refractivity contribution in [1.82, 2.24) is 15.1 Å². The van der Waals surface area contributed by atoms with Crippen LogP contribution in [-0.2, 0) is 26.6 Å². The Morgan fingerprint density at radius 2 is 1.93 bits per heavy atom. The van der Waals surface area contributed by atoms with Gasteiger partial charge in [0.05, 0.1) is 5.69 Å². The van der Waals surface area contributed by atoms with Crippen LogP contribution in [0.25, 0.3) is 0 Å². The lowest BCUT2D eigenvalue weighted by molar-refractivity contribution is 0.0919. The third-order valence-electron chi connectivity index (χ3n) is 4.68. The largest absolute Gasteiger partial charge is 0.486 e. The first-order valence-corrected chi connectivity index (χ1v) is 9.05. The van der Waals surface area contributed by atoms with Gasteiger partial charge >= 0.3 is 0 Å².